The third kappa shape index (κ3) is 3.12. The zero-order valence-corrected chi connectivity index (χ0v) is 14.8. The number of hydrogen-bond acceptors (Lipinski definition) is 4. The number of amides is 3. The second-order valence-corrected chi connectivity index (χ2v) is 6.59. The molecule has 1 saturated heterocycles. The number of fused-ring (bicyclic) bond motifs is 2. The zero-order valence-electron chi connectivity index (χ0n) is 14.8. The van der Waals surface area contributed by atoms with E-state index in [2.05, 4.69) is 10.6 Å². The average molecular weight is 365 g/mol. The van der Waals surface area contributed by atoms with Crippen LogP contribution in [-0.4, -0.2) is 42.3 Å². The van der Waals surface area contributed by atoms with E-state index in [0.29, 0.717) is 41.2 Å². The smallest absolute Gasteiger partial charge is 0.256 e. The first kappa shape index (κ1) is 17.1. The Kier molecular flexibility index (Phi) is 4.27. The highest BCUT2D eigenvalue weighted by molar-refractivity contribution is 6.11. The first-order valence-corrected chi connectivity index (χ1v) is 8.78. The topological polar surface area (TPSA) is 87.7 Å². The van der Waals surface area contributed by atoms with Crippen LogP contribution < -0.4 is 15.4 Å². The van der Waals surface area contributed by atoms with Gasteiger partial charge in [-0.2, -0.15) is 0 Å². The van der Waals surface area contributed by atoms with Crippen LogP contribution in [0.4, 0.5) is 11.4 Å². The van der Waals surface area contributed by atoms with E-state index in [9.17, 15) is 14.4 Å². The van der Waals surface area contributed by atoms with Gasteiger partial charge in [-0.05, 0) is 55.3 Å². The van der Waals surface area contributed by atoms with Gasteiger partial charge in [0.15, 0.2) is 0 Å². The highest BCUT2D eigenvalue weighted by Gasteiger charge is 2.38. The van der Waals surface area contributed by atoms with Crippen molar-refractivity contribution in [3.8, 4) is 5.75 Å². The van der Waals surface area contributed by atoms with Crippen LogP contribution in [0.2, 0.25) is 0 Å². The lowest BCUT2D eigenvalue weighted by Gasteiger charge is -2.20. The van der Waals surface area contributed by atoms with E-state index in [0.717, 1.165) is 6.42 Å². The van der Waals surface area contributed by atoms with Crippen molar-refractivity contribution in [3.63, 3.8) is 0 Å². The molecule has 4 rings (SSSR count). The van der Waals surface area contributed by atoms with Crippen LogP contribution >= 0.6 is 0 Å². The van der Waals surface area contributed by atoms with Gasteiger partial charge in [0.25, 0.3) is 11.8 Å². The molecule has 1 fully saturated rings. The minimum Gasteiger partial charge on any atom is -0.497 e. The largest absolute Gasteiger partial charge is 0.497 e. The van der Waals surface area contributed by atoms with Crippen LogP contribution in [0.25, 0.3) is 0 Å². The SMILES string of the molecule is COc1ccc(C(=O)Nc2ccc3c(c2)C(=O)N2CCCC2C(=O)N3)cc1. The van der Waals surface area contributed by atoms with Crippen molar-refractivity contribution in [1.29, 1.82) is 0 Å². The molecule has 2 aliphatic heterocycles. The van der Waals surface area contributed by atoms with Crippen molar-refractivity contribution < 1.29 is 19.1 Å². The molecule has 0 aromatic heterocycles. The fraction of sp³-hybridized carbons (Fsp3) is 0.250. The Morgan fingerprint density at radius 1 is 1.19 bits per heavy atom. The number of carbonyl (C=O) groups is 3. The van der Waals surface area contributed by atoms with Gasteiger partial charge in [0, 0.05) is 17.8 Å². The standard InChI is InChI=1S/C20H19N3O4/c1-27-14-7-4-12(5-8-14)18(24)21-13-6-9-16-15(11-13)20(26)23-10-2-3-17(23)19(25)22-16/h4-9,11,17H,2-3,10H2,1H3,(H,21,24)(H,22,25). The van der Waals surface area contributed by atoms with Crippen molar-refractivity contribution >= 4 is 29.1 Å². The molecule has 1 unspecified atom stereocenters. The normalized spacial score (nSPS) is 18.3. The summed E-state index contributed by atoms with van der Waals surface area (Å²) in [5.41, 5.74) is 1.84. The Labute approximate surface area is 156 Å². The highest BCUT2D eigenvalue weighted by atomic mass is 16.5. The Morgan fingerprint density at radius 3 is 2.70 bits per heavy atom. The Hall–Kier alpha value is -3.35. The van der Waals surface area contributed by atoms with Crippen LogP contribution in [0.5, 0.6) is 5.75 Å². The summed E-state index contributed by atoms with van der Waals surface area (Å²) in [6.45, 7) is 0.568. The fourth-order valence-corrected chi connectivity index (χ4v) is 3.51. The predicted molar refractivity (Wildman–Crippen MR) is 100 cm³/mol. The number of nitrogens with zero attached hydrogens (tertiary/aromatic N) is 1. The van der Waals surface area contributed by atoms with Gasteiger partial charge in [0.05, 0.1) is 18.4 Å². The van der Waals surface area contributed by atoms with Gasteiger partial charge in [0.2, 0.25) is 5.91 Å². The summed E-state index contributed by atoms with van der Waals surface area (Å²) in [4.78, 5) is 39.2. The van der Waals surface area contributed by atoms with Crippen molar-refractivity contribution in [3.05, 3.63) is 53.6 Å². The molecule has 7 heteroatoms. The molecule has 2 aromatic carbocycles. The van der Waals surface area contributed by atoms with Gasteiger partial charge >= 0.3 is 0 Å². The molecule has 0 radical (unpaired) electrons. The summed E-state index contributed by atoms with van der Waals surface area (Å²) in [5, 5.41) is 5.62. The number of carbonyl (C=O) groups excluding carboxylic acids is 3. The van der Waals surface area contributed by atoms with Gasteiger partial charge in [-0.15, -0.1) is 0 Å². The van der Waals surface area contributed by atoms with Crippen molar-refractivity contribution in [2.24, 2.45) is 0 Å². The molecule has 0 spiro atoms. The summed E-state index contributed by atoms with van der Waals surface area (Å²) in [6.07, 6.45) is 1.49. The zero-order chi connectivity index (χ0) is 19.0. The van der Waals surface area contributed by atoms with Crippen LogP contribution in [0.3, 0.4) is 0 Å². The first-order valence-electron chi connectivity index (χ1n) is 8.78. The van der Waals surface area contributed by atoms with E-state index in [1.165, 1.54) is 0 Å². The van der Waals surface area contributed by atoms with Crippen molar-refractivity contribution in [2.45, 2.75) is 18.9 Å². The second-order valence-electron chi connectivity index (χ2n) is 6.59. The summed E-state index contributed by atoms with van der Waals surface area (Å²) in [7, 11) is 1.56. The Balaban J connectivity index is 1.59. The molecule has 0 aliphatic carbocycles. The lowest BCUT2D eigenvalue weighted by molar-refractivity contribution is -0.119. The third-order valence-corrected chi connectivity index (χ3v) is 4.93. The molecular formula is C20H19N3O4. The third-order valence-electron chi connectivity index (χ3n) is 4.93. The molecule has 0 saturated carbocycles. The summed E-state index contributed by atoms with van der Waals surface area (Å²) in [6, 6.07) is 11.3. The molecule has 1 atom stereocenters. The maximum Gasteiger partial charge on any atom is 0.256 e. The minimum absolute atomic E-state index is 0.158. The van der Waals surface area contributed by atoms with Crippen LogP contribution in [-0.2, 0) is 4.79 Å². The van der Waals surface area contributed by atoms with Gasteiger partial charge in [-0.1, -0.05) is 0 Å². The van der Waals surface area contributed by atoms with Crippen molar-refractivity contribution in [1.82, 2.24) is 4.90 Å². The molecule has 138 valence electrons. The molecular weight excluding hydrogens is 346 g/mol. The maximum absolute atomic E-state index is 12.8. The van der Waals surface area contributed by atoms with Crippen molar-refractivity contribution in [2.75, 3.05) is 24.3 Å². The second kappa shape index (κ2) is 6.75. The molecule has 3 amide bonds. The maximum atomic E-state index is 12.8. The van der Waals surface area contributed by atoms with E-state index in [-0.39, 0.29) is 17.7 Å². The number of hydrogen-bond donors (Lipinski definition) is 2. The van der Waals surface area contributed by atoms with Gasteiger partial charge in [-0.25, -0.2) is 0 Å². The lowest BCUT2D eigenvalue weighted by atomic mass is 10.1. The molecule has 7 nitrogen and oxygen atoms in total. The van der Waals surface area contributed by atoms with E-state index in [4.69, 9.17) is 4.74 Å². The van der Waals surface area contributed by atoms with Gasteiger partial charge < -0.3 is 20.3 Å². The number of anilines is 2. The number of benzene rings is 2. The molecule has 2 N–H and O–H groups in total. The van der Waals surface area contributed by atoms with Gasteiger partial charge in [0.1, 0.15) is 11.8 Å². The molecule has 0 bridgehead atoms. The summed E-state index contributed by atoms with van der Waals surface area (Å²) in [5.74, 6) is 0.0286. The Morgan fingerprint density at radius 2 is 1.96 bits per heavy atom. The van der Waals surface area contributed by atoms with Crippen LogP contribution in [0.1, 0.15) is 33.6 Å². The number of methoxy groups -OCH3 is 1. The number of ether oxygens (including phenoxy) is 1. The Bertz CT molecular complexity index is 923. The predicted octanol–water partition coefficient (Wildman–Crippen LogP) is 2.50. The summed E-state index contributed by atoms with van der Waals surface area (Å²) < 4.78 is 5.09. The van der Waals surface area contributed by atoms with Gasteiger partial charge in [-0.3, -0.25) is 14.4 Å². The van der Waals surface area contributed by atoms with Crippen LogP contribution in [0.15, 0.2) is 42.5 Å². The van der Waals surface area contributed by atoms with E-state index in [1.54, 1.807) is 54.5 Å². The summed E-state index contributed by atoms with van der Waals surface area (Å²) >= 11 is 0. The minimum atomic E-state index is -0.415. The number of nitrogens with one attached hydrogen (secondary N) is 2. The molecule has 2 aliphatic rings. The lowest BCUT2D eigenvalue weighted by Crippen LogP contribution is -2.40. The molecule has 2 heterocycles. The van der Waals surface area contributed by atoms with E-state index >= 15 is 0 Å². The number of rotatable bonds is 3. The highest BCUT2D eigenvalue weighted by Crippen LogP contribution is 2.30. The molecule has 27 heavy (non-hydrogen) atoms. The molecule has 2 aromatic rings. The quantitative estimate of drug-likeness (QED) is 0.875. The fourth-order valence-electron chi connectivity index (χ4n) is 3.51. The first-order chi connectivity index (χ1) is 13.1. The monoisotopic (exact) mass is 365 g/mol. The van der Waals surface area contributed by atoms with Crippen LogP contribution in [0, 0.1) is 0 Å². The average Bonchev–Trinajstić information content (AvgIpc) is 3.15. The van der Waals surface area contributed by atoms with E-state index < -0.39 is 6.04 Å². The van der Waals surface area contributed by atoms with E-state index in [1.807, 2.05) is 0 Å².